The van der Waals surface area contributed by atoms with E-state index < -0.39 is 76.6 Å². The lowest BCUT2D eigenvalue weighted by Gasteiger charge is -2.26. The molecule has 0 bridgehead atoms. The Morgan fingerprint density at radius 2 is 1.23 bits per heavy atom. The third kappa shape index (κ3) is 13.5. The summed E-state index contributed by atoms with van der Waals surface area (Å²) in [7, 11) is -10.1. The predicted octanol–water partition coefficient (Wildman–Crippen LogP) is 2.96. The number of rotatable bonds is 18. The van der Waals surface area contributed by atoms with Gasteiger partial charge in [-0.05, 0) is 98.3 Å². The zero-order chi connectivity index (χ0) is 48.5. The van der Waals surface area contributed by atoms with E-state index in [0.717, 1.165) is 17.2 Å². The highest BCUT2D eigenvalue weighted by atomic mass is 32.2. The highest BCUT2D eigenvalue weighted by Crippen LogP contribution is 2.44. The minimum atomic E-state index is -5.09. The molecule has 0 saturated carbocycles. The van der Waals surface area contributed by atoms with Crippen molar-refractivity contribution in [1.82, 2.24) is 20.0 Å². The number of anilines is 2. The van der Waals surface area contributed by atoms with E-state index in [2.05, 4.69) is 20.9 Å². The van der Waals surface area contributed by atoms with Crippen LogP contribution in [0.3, 0.4) is 0 Å². The molecule has 66 heavy (non-hydrogen) atoms. The summed E-state index contributed by atoms with van der Waals surface area (Å²) in [6, 6.07) is 12.5. The van der Waals surface area contributed by atoms with Gasteiger partial charge in [0.1, 0.15) is 21.5 Å². The average Bonchev–Trinajstić information content (AvgIpc) is 3.30. The number of benzene rings is 4. The van der Waals surface area contributed by atoms with Crippen molar-refractivity contribution in [2.24, 2.45) is 16.0 Å². The lowest BCUT2D eigenvalue weighted by molar-refractivity contribution is -0.140. The summed E-state index contributed by atoms with van der Waals surface area (Å²) in [6.07, 6.45) is 1.50. The van der Waals surface area contributed by atoms with Crippen molar-refractivity contribution in [1.29, 1.82) is 0 Å². The van der Waals surface area contributed by atoms with Gasteiger partial charge in [-0.25, -0.2) is 0 Å². The van der Waals surface area contributed by atoms with Crippen LogP contribution in [0.1, 0.15) is 30.4 Å². The number of phenolic OH excluding ortho intramolecular Hbond substituents is 1. The summed E-state index contributed by atoms with van der Waals surface area (Å²) >= 11 is 0. The van der Waals surface area contributed by atoms with Gasteiger partial charge < -0.3 is 37.4 Å². The van der Waals surface area contributed by atoms with E-state index in [-0.39, 0.29) is 30.7 Å². The second-order valence-corrected chi connectivity index (χ2v) is 18.6. The Morgan fingerprint density at radius 3 is 1.74 bits per heavy atom. The molecule has 1 heterocycles. The van der Waals surface area contributed by atoms with E-state index in [4.69, 9.17) is 11.5 Å². The fraction of sp³-hybridized carbons (Fsp3) is 0.381. The Balaban J connectivity index is 1.29. The highest BCUT2D eigenvalue weighted by molar-refractivity contribution is 7.87. The van der Waals surface area contributed by atoms with Crippen LogP contribution in [0.4, 0.5) is 22.7 Å². The van der Waals surface area contributed by atoms with Crippen LogP contribution in [0, 0.1) is 13.8 Å². The second-order valence-electron chi connectivity index (χ2n) is 15.8. The van der Waals surface area contributed by atoms with Gasteiger partial charge in [0.2, 0.25) is 11.8 Å². The van der Waals surface area contributed by atoms with Crippen LogP contribution in [-0.4, -0.2) is 151 Å². The number of phenols is 1. The number of aryl methyl sites for hydroxylation is 2. The predicted molar refractivity (Wildman–Crippen MR) is 243 cm³/mol. The Labute approximate surface area is 380 Å². The Hall–Kier alpha value is -6.12. The maximum atomic E-state index is 13.7. The molecule has 1 aliphatic heterocycles. The molecule has 0 radical (unpaired) electrons. The quantitative estimate of drug-likeness (QED) is 0.0299. The molecular weight excluding hydrogens is 903 g/mol. The van der Waals surface area contributed by atoms with Gasteiger partial charge in [0.25, 0.3) is 20.2 Å². The largest absolute Gasteiger partial charge is 0.505 e. The molecule has 4 aromatic carbocycles. The molecule has 1 atom stereocenters. The van der Waals surface area contributed by atoms with Crippen molar-refractivity contribution in [2.75, 3.05) is 76.5 Å². The van der Waals surface area contributed by atoms with Gasteiger partial charge in [-0.15, -0.1) is 5.11 Å². The number of nitrogen functional groups attached to an aromatic ring is 1. The van der Waals surface area contributed by atoms with Crippen molar-refractivity contribution in [3.8, 4) is 16.9 Å². The van der Waals surface area contributed by atoms with Crippen LogP contribution in [0.25, 0.3) is 21.9 Å². The number of fused-ring (bicyclic) bond motifs is 1. The van der Waals surface area contributed by atoms with Gasteiger partial charge in [0.05, 0.1) is 36.4 Å². The third-order valence-corrected chi connectivity index (χ3v) is 12.7. The first-order chi connectivity index (χ1) is 31.0. The Bertz CT molecular complexity index is 2730. The number of hydrogen-bond donors (Lipinski definition) is 9. The zero-order valence-corrected chi connectivity index (χ0v) is 37.8. The number of nitrogens with one attached hydrogen (secondary N) is 2. The fourth-order valence-electron chi connectivity index (χ4n) is 7.47. The monoisotopic (exact) mass is 955 g/mol. The SMILES string of the molecule is Cc1cc(-c2ccc(NC(=O)[C@@H](CCCCN)NC(=O)CN3CCN(CC(=O)O)CCN(CC(=O)O)CC3)c(C)c2)ccc1N=Nc1ccc2c(S(=O)(=O)O)cc(S(=O)(=O)O)c(N)c2c1O. The molecule has 1 aliphatic rings. The number of carboxylic acids is 2. The van der Waals surface area contributed by atoms with Crippen LogP contribution < -0.4 is 22.1 Å². The number of nitrogens with zero attached hydrogens (tertiary/aromatic N) is 5. The number of carboxylic acid groups (broad SMARTS) is 2. The molecule has 24 heteroatoms. The number of aliphatic carboxylic acids is 2. The molecule has 0 spiro atoms. The maximum Gasteiger partial charge on any atom is 0.317 e. The molecule has 356 valence electrons. The van der Waals surface area contributed by atoms with E-state index in [1.807, 2.05) is 24.0 Å². The minimum Gasteiger partial charge on any atom is -0.505 e. The lowest BCUT2D eigenvalue weighted by Crippen LogP contribution is -2.49. The molecule has 11 N–H and O–H groups in total. The molecule has 22 nitrogen and oxygen atoms in total. The third-order valence-electron chi connectivity index (χ3n) is 10.9. The van der Waals surface area contributed by atoms with Crippen molar-refractivity contribution >= 4 is 77.5 Å². The van der Waals surface area contributed by atoms with E-state index in [1.54, 1.807) is 41.0 Å². The molecule has 5 rings (SSSR count). The molecule has 2 amide bonds. The molecule has 0 aliphatic carbocycles. The first-order valence-electron chi connectivity index (χ1n) is 20.6. The summed E-state index contributed by atoms with van der Waals surface area (Å²) < 4.78 is 67.5. The summed E-state index contributed by atoms with van der Waals surface area (Å²) in [5, 5.41) is 43.0. The van der Waals surface area contributed by atoms with Crippen molar-refractivity contribution in [3.05, 3.63) is 65.7 Å². The molecule has 0 aromatic heterocycles. The van der Waals surface area contributed by atoms with Gasteiger partial charge in [-0.3, -0.25) is 43.0 Å². The number of azo groups is 1. The highest BCUT2D eigenvalue weighted by Gasteiger charge is 2.28. The van der Waals surface area contributed by atoms with Crippen LogP contribution in [0.2, 0.25) is 0 Å². The zero-order valence-electron chi connectivity index (χ0n) is 36.2. The normalized spacial score (nSPS) is 15.2. The first kappa shape index (κ1) is 50.9. The molecule has 0 unspecified atom stereocenters. The van der Waals surface area contributed by atoms with Crippen molar-refractivity contribution in [2.45, 2.75) is 48.9 Å². The molecule has 1 saturated heterocycles. The molecular formula is C42H53N9O13S2. The number of nitrogens with two attached hydrogens (primary N) is 2. The average molecular weight is 956 g/mol. The number of aromatic hydroxyl groups is 1. The topological polar surface area (TPSA) is 348 Å². The van der Waals surface area contributed by atoms with Crippen molar-refractivity contribution < 1.29 is 60.4 Å². The lowest BCUT2D eigenvalue weighted by atomic mass is 10.00. The Morgan fingerprint density at radius 1 is 0.712 bits per heavy atom. The molecule has 1 fully saturated rings. The van der Waals surface area contributed by atoms with Gasteiger partial charge in [0, 0.05) is 50.3 Å². The summed E-state index contributed by atoms with van der Waals surface area (Å²) in [5.41, 5.74) is 14.5. The van der Waals surface area contributed by atoms with Crippen LogP contribution in [0.5, 0.6) is 5.75 Å². The van der Waals surface area contributed by atoms with Gasteiger partial charge in [0.15, 0.2) is 5.75 Å². The van der Waals surface area contributed by atoms with E-state index in [1.165, 1.54) is 6.07 Å². The number of unbranched alkanes of at least 4 members (excludes halogenated alkanes) is 1. The summed E-state index contributed by atoms with van der Waals surface area (Å²) in [4.78, 5) is 53.3. The summed E-state index contributed by atoms with van der Waals surface area (Å²) in [5.74, 6) is -3.66. The number of amides is 2. The van der Waals surface area contributed by atoms with Crippen LogP contribution in [0.15, 0.2) is 74.6 Å². The number of carbonyl (C=O) groups excluding carboxylic acids is 2. The van der Waals surface area contributed by atoms with Gasteiger partial charge in [-0.1, -0.05) is 18.2 Å². The fourth-order valence-corrected chi connectivity index (χ4v) is 8.90. The minimum absolute atomic E-state index is 0.0995. The number of carbonyl (C=O) groups is 4. The van der Waals surface area contributed by atoms with Gasteiger partial charge >= 0.3 is 11.9 Å². The van der Waals surface area contributed by atoms with Gasteiger partial charge in [-0.2, -0.15) is 21.9 Å². The van der Waals surface area contributed by atoms with Crippen LogP contribution in [-0.2, 0) is 39.4 Å². The molecule has 4 aromatic rings. The maximum absolute atomic E-state index is 13.7. The van der Waals surface area contributed by atoms with Crippen molar-refractivity contribution in [3.63, 3.8) is 0 Å². The first-order valence-corrected chi connectivity index (χ1v) is 23.5. The standard InChI is InChI=1S/C42H53N9O13S2/c1-25-19-27(28-7-10-31(26(2)20-28)47-48-32-11-8-29-34(65(59,60)61)21-35(66(62,63)64)40(44)39(29)41(32)57)6-9-30(25)46-42(58)33(5-3-4-12-43)45-36(52)22-49-13-15-50(23-37(53)54)17-18-51(16-14-49)24-38(55)56/h6-11,19-21,33,57H,3-5,12-18,22-24,43-44H2,1-2H3,(H,45,52)(H,46,58)(H,53,54)(H,55,56)(H,59,60,61)(H,62,63,64)/t33-/m1/s1. The van der Waals surface area contributed by atoms with E-state index in [0.29, 0.717) is 93.6 Å². The Kier molecular flexibility index (Phi) is 16.9. The van der Waals surface area contributed by atoms with E-state index >= 15 is 0 Å². The van der Waals surface area contributed by atoms with Crippen LogP contribution >= 0.6 is 0 Å². The van der Waals surface area contributed by atoms with E-state index in [9.17, 15) is 60.4 Å². The summed E-state index contributed by atoms with van der Waals surface area (Å²) in [6.45, 7) is 5.49. The second kappa shape index (κ2) is 21.9. The smallest absolute Gasteiger partial charge is 0.317 e. The number of hydrogen-bond acceptors (Lipinski definition) is 16.